The van der Waals surface area contributed by atoms with Crippen LogP contribution in [-0.4, -0.2) is 42.3 Å². The number of aromatic nitrogens is 1. The standard InChI is InChI=1S/C29H34ClN3O/c1-18-4-7-22(15-26(18)30)21-10-13-27-24(14-21)28(25(16-31-27)29(34)20-8-9-20)32-23-11-5-19(6-12-23)17-33(2)3/h4,7,10,13-16,19-20,23H,5-6,8-9,11-12,17H2,1-3H3,(H,31,32). The normalized spacial score (nSPS) is 20.6. The van der Waals surface area contributed by atoms with Gasteiger partial charge in [-0.1, -0.05) is 29.8 Å². The molecule has 178 valence electrons. The molecule has 0 spiro atoms. The van der Waals surface area contributed by atoms with Crippen LogP contribution < -0.4 is 5.32 Å². The fourth-order valence-electron chi connectivity index (χ4n) is 5.26. The molecule has 0 radical (unpaired) electrons. The van der Waals surface area contributed by atoms with Gasteiger partial charge < -0.3 is 10.2 Å². The van der Waals surface area contributed by atoms with E-state index in [1.807, 2.05) is 13.0 Å². The third-order valence-corrected chi connectivity index (χ3v) is 7.81. The lowest BCUT2D eigenvalue weighted by Crippen LogP contribution is -2.31. The second-order valence-electron chi connectivity index (χ2n) is 10.5. The number of fused-ring (bicyclic) bond motifs is 1. The van der Waals surface area contributed by atoms with Crippen LogP contribution in [0.3, 0.4) is 0 Å². The zero-order valence-electron chi connectivity index (χ0n) is 20.4. The van der Waals surface area contributed by atoms with Crippen LogP contribution in [0.1, 0.15) is 54.4 Å². The van der Waals surface area contributed by atoms with Gasteiger partial charge in [0.15, 0.2) is 5.78 Å². The Bertz CT molecular complexity index is 1210. The average molecular weight is 476 g/mol. The van der Waals surface area contributed by atoms with E-state index in [1.54, 1.807) is 6.20 Å². The molecular weight excluding hydrogens is 442 g/mol. The highest BCUT2D eigenvalue weighted by molar-refractivity contribution is 6.31. The summed E-state index contributed by atoms with van der Waals surface area (Å²) in [5.74, 6) is 1.16. The number of nitrogens with one attached hydrogen (secondary N) is 1. The van der Waals surface area contributed by atoms with Gasteiger partial charge in [-0.25, -0.2) is 0 Å². The van der Waals surface area contributed by atoms with Gasteiger partial charge in [0, 0.05) is 35.1 Å². The summed E-state index contributed by atoms with van der Waals surface area (Å²) in [6.07, 6.45) is 8.49. The number of rotatable bonds is 7. The maximum Gasteiger partial charge on any atom is 0.169 e. The first-order valence-electron chi connectivity index (χ1n) is 12.5. The zero-order chi connectivity index (χ0) is 23.8. The molecule has 2 aromatic carbocycles. The third-order valence-electron chi connectivity index (χ3n) is 7.41. The van der Waals surface area contributed by atoms with Crippen molar-refractivity contribution in [2.45, 2.75) is 51.5 Å². The smallest absolute Gasteiger partial charge is 0.169 e. The summed E-state index contributed by atoms with van der Waals surface area (Å²) in [6.45, 7) is 3.17. The van der Waals surface area contributed by atoms with E-state index in [0.29, 0.717) is 6.04 Å². The van der Waals surface area contributed by atoms with Crippen LogP contribution >= 0.6 is 11.6 Å². The van der Waals surface area contributed by atoms with Crippen molar-refractivity contribution in [2.75, 3.05) is 26.0 Å². The molecule has 1 heterocycles. The molecule has 3 aromatic rings. The van der Waals surface area contributed by atoms with Crippen molar-refractivity contribution in [2.24, 2.45) is 11.8 Å². The number of aryl methyl sites for hydroxylation is 1. The van der Waals surface area contributed by atoms with Crippen LogP contribution in [0.5, 0.6) is 0 Å². The maximum atomic E-state index is 13.2. The van der Waals surface area contributed by atoms with Gasteiger partial charge >= 0.3 is 0 Å². The first-order chi connectivity index (χ1) is 16.4. The average Bonchev–Trinajstić information content (AvgIpc) is 3.67. The number of halogens is 1. The molecular formula is C29H34ClN3O. The highest BCUT2D eigenvalue weighted by Gasteiger charge is 2.33. The van der Waals surface area contributed by atoms with Crippen molar-refractivity contribution in [3.8, 4) is 11.1 Å². The number of hydrogen-bond donors (Lipinski definition) is 1. The largest absolute Gasteiger partial charge is 0.381 e. The van der Waals surface area contributed by atoms with Gasteiger partial charge in [0.1, 0.15) is 0 Å². The number of benzene rings is 2. The van der Waals surface area contributed by atoms with E-state index >= 15 is 0 Å². The lowest BCUT2D eigenvalue weighted by Gasteiger charge is -2.32. The number of nitrogens with zero attached hydrogens (tertiary/aromatic N) is 2. The maximum absolute atomic E-state index is 13.2. The Hall–Kier alpha value is -2.43. The van der Waals surface area contributed by atoms with Crippen molar-refractivity contribution in [1.29, 1.82) is 0 Å². The van der Waals surface area contributed by atoms with E-state index in [0.717, 1.165) is 82.0 Å². The number of carbonyl (C=O) groups excluding carboxylic acids is 1. The first kappa shape index (κ1) is 23.3. The van der Waals surface area contributed by atoms with Crippen LogP contribution in [0.15, 0.2) is 42.6 Å². The van der Waals surface area contributed by atoms with Gasteiger partial charge in [-0.15, -0.1) is 0 Å². The molecule has 0 bridgehead atoms. The quantitative estimate of drug-likeness (QED) is 0.374. The molecule has 5 rings (SSSR count). The Morgan fingerprint density at radius 3 is 2.41 bits per heavy atom. The number of Topliss-reactive ketones (excluding diaryl/α,β-unsaturated/α-hetero) is 1. The van der Waals surface area contributed by atoms with Gasteiger partial charge in [-0.2, -0.15) is 0 Å². The summed E-state index contributed by atoms with van der Waals surface area (Å²) in [6, 6.07) is 12.9. The van der Waals surface area contributed by atoms with E-state index in [4.69, 9.17) is 11.6 Å². The topological polar surface area (TPSA) is 45.2 Å². The molecule has 0 atom stereocenters. The van der Waals surface area contributed by atoms with Gasteiger partial charge in [0.05, 0.1) is 16.8 Å². The van der Waals surface area contributed by atoms with E-state index in [-0.39, 0.29) is 11.7 Å². The summed E-state index contributed by atoms with van der Waals surface area (Å²) >= 11 is 6.42. The van der Waals surface area contributed by atoms with E-state index < -0.39 is 0 Å². The van der Waals surface area contributed by atoms with E-state index in [2.05, 4.69) is 59.6 Å². The second-order valence-corrected chi connectivity index (χ2v) is 10.9. The Morgan fingerprint density at radius 1 is 1.03 bits per heavy atom. The highest BCUT2D eigenvalue weighted by atomic mass is 35.5. The summed E-state index contributed by atoms with van der Waals surface area (Å²) in [5, 5.41) is 5.62. The monoisotopic (exact) mass is 475 g/mol. The van der Waals surface area contributed by atoms with Crippen molar-refractivity contribution in [1.82, 2.24) is 9.88 Å². The summed E-state index contributed by atoms with van der Waals surface area (Å²) < 4.78 is 0. The fraction of sp³-hybridized carbons (Fsp3) is 0.448. The van der Waals surface area contributed by atoms with Crippen LogP contribution in [0.25, 0.3) is 22.0 Å². The fourth-order valence-corrected chi connectivity index (χ4v) is 5.44. The minimum Gasteiger partial charge on any atom is -0.381 e. The van der Waals surface area contributed by atoms with Crippen molar-refractivity contribution >= 4 is 34.0 Å². The molecule has 2 fully saturated rings. The van der Waals surface area contributed by atoms with Crippen LogP contribution in [-0.2, 0) is 0 Å². The molecule has 2 aliphatic carbocycles. The van der Waals surface area contributed by atoms with Crippen LogP contribution in [0.2, 0.25) is 5.02 Å². The summed E-state index contributed by atoms with van der Waals surface area (Å²) in [4.78, 5) is 20.2. The lowest BCUT2D eigenvalue weighted by molar-refractivity contribution is 0.0968. The van der Waals surface area contributed by atoms with E-state index in [9.17, 15) is 4.79 Å². The molecule has 1 N–H and O–H groups in total. The number of hydrogen-bond acceptors (Lipinski definition) is 4. The lowest BCUT2D eigenvalue weighted by atomic mass is 9.85. The number of pyridine rings is 1. The number of anilines is 1. The minimum absolute atomic E-state index is 0.162. The van der Waals surface area contributed by atoms with Gasteiger partial charge in [-0.05, 0) is 100 Å². The van der Waals surface area contributed by atoms with Crippen molar-refractivity contribution in [3.05, 3.63) is 58.7 Å². The summed E-state index contributed by atoms with van der Waals surface area (Å²) in [7, 11) is 4.31. The summed E-state index contributed by atoms with van der Waals surface area (Å²) in [5.41, 5.74) is 5.87. The molecule has 0 amide bonds. The predicted octanol–water partition coefficient (Wildman–Crippen LogP) is 6.99. The Kier molecular flexibility index (Phi) is 6.63. The molecule has 0 saturated heterocycles. The molecule has 5 heteroatoms. The van der Waals surface area contributed by atoms with Crippen molar-refractivity contribution in [3.63, 3.8) is 0 Å². The molecule has 34 heavy (non-hydrogen) atoms. The minimum atomic E-state index is 0.162. The third kappa shape index (κ3) is 4.99. The number of ketones is 1. The predicted molar refractivity (Wildman–Crippen MR) is 142 cm³/mol. The molecule has 0 unspecified atom stereocenters. The molecule has 2 aliphatic rings. The SMILES string of the molecule is Cc1ccc(-c2ccc3ncc(C(=O)C4CC4)c(NC4CCC(CN(C)C)CC4)c3c2)cc1Cl. The highest BCUT2D eigenvalue weighted by Crippen LogP contribution is 2.39. The molecule has 1 aromatic heterocycles. The van der Waals surface area contributed by atoms with Crippen molar-refractivity contribution < 1.29 is 4.79 Å². The zero-order valence-corrected chi connectivity index (χ0v) is 21.2. The van der Waals surface area contributed by atoms with Gasteiger partial charge in [0.2, 0.25) is 0 Å². The van der Waals surface area contributed by atoms with Crippen LogP contribution in [0, 0.1) is 18.8 Å². The Balaban J connectivity index is 1.51. The Morgan fingerprint density at radius 2 is 1.74 bits per heavy atom. The van der Waals surface area contributed by atoms with Gasteiger partial charge in [-0.3, -0.25) is 9.78 Å². The second kappa shape index (κ2) is 9.67. The molecule has 4 nitrogen and oxygen atoms in total. The first-order valence-corrected chi connectivity index (χ1v) is 12.9. The van der Waals surface area contributed by atoms with E-state index in [1.165, 1.54) is 12.8 Å². The van der Waals surface area contributed by atoms with Gasteiger partial charge in [0.25, 0.3) is 0 Å². The number of carbonyl (C=O) groups is 1. The van der Waals surface area contributed by atoms with Crippen LogP contribution in [0.4, 0.5) is 5.69 Å². The molecule has 2 saturated carbocycles. The Labute approximate surface area is 207 Å². The molecule has 0 aliphatic heterocycles.